The zero-order valence-corrected chi connectivity index (χ0v) is 28.6. The van der Waals surface area contributed by atoms with E-state index in [9.17, 15) is 4.79 Å². The number of rotatable bonds is 5. The van der Waals surface area contributed by atoms with Crippen LogP contribution in [0.5, 0.6) is 0 Å². The first-order chi connectivity index (χ1) is 21.8. The van der Waals surface area contributed by atoms with Gasteiger partial charge in [0.2, 0.25) is 0 Å². The summed E-state index contributed by atoms with van der Waals surface area (Å²) in [4.78, 5) is 14.9. The third-order valence-electron chi connectivity index (χ3n) is 7.80. The van der Waals surface area contributed by atoms with Crippen LogP contribution in [-0.2, 0) is 24.9 Å². The fourth-order valence-corrected chi connectivity index (χ4v) is 5.66. The molecular formula is C41H34IrNO3-. The third-order valence-corrected chi connectivity index (χ3v) is 7.80. The average Bonchev–Trinajstić information content (AvgIpc) is 3.48. The summed E-state index contributed by atoms with van der Waals surface area (Å²) in [5.41, 5.74) is 7.27. The van der Waals surface area contributed by atoms with Crippen LogP contribution in [-0.4, -0.2) is 15.9 Å². The van der Waals surface area contributed by atoms with Gasteiger partial charge in [-0.25, -0.2) is 0 Å². The van der Waals surface area contributed by atoms with Gasteiger partial charge in [-0.2, -0.15) is 0 Å². The second-order valence-corrected chi connectivity index (χ2v) is 11.5. The zero-order chi connectivity index (χ0) is 31.5. The molecule has 7 aromatic rings. The Morgan fingerprint density at radius 2 is 1.48 bits per heavy atom. The number of allylic oxidation sites excluding steroid dienone is 2. The average molecular weight is 781 g/mol. The SMILES string of the molecule is CC(=O)/C=C(/C)O.CC(C)c1ccc2c(ccc3c(-c4[c-]c5cc(-c6ccccc6)oc5c(-c5ccccc5)c4)nccc32)c1.[Ir]. The number of benzene rings is 5. The van der Waals surface area contributed by atoms with Gasteiger partial charge in [-0.15, -0.1) is 12.1 Å². The molecule has 2 aromatic heterocycles. The van der Waals surface area contributed by atoms with Crippen LogP contribution in [0.2, 0.25) is 0 Å². The molecule has 4 nitrogen and oxygen atoms in total. The van der Waals surface area contributed by atoms with Crippen molar-refractivity contribution in [3.63, 3.8) is 0 Å². The molecule has 0 unspecified atom stereocenters. The van der Waals surface area contributed by atoms with E-state index < -0.39 is 0 Å². The van der Waals surface area contributed by atoms with Gasteiger partial charge in [-0.1, -0.05) is 122 Å². The Hall–Kier alpha value is -4.83. The quantitative estimate of drug-likeness (QED) is 0.0818. The molecule has 1 N–H and O–H groups in total. The van der Waals surface area contributed by atoms with E-state index in [1.165, 1.54) is 41.6 Å². The molecule has 5 aromatic carbocycles. The van der Waals surface area contributed by atoms with E-state index in [0.29, 0.717) is 5.92 Å². The van der Waals surface area contributed by atoms with Crippen molar-refractivity contribution in [1.29, 1.82) is 0 Å². The Kier molecular flexibility index (Phi) is 9.96. The molecule has 2 heterocycles. The number of furan rings is 1. The number of hydrogen-bond acceptors (Lipinski definition) is 4. The van der Waals surface area contributed by atoms with E-state index in [2.05, 4.69) is 105 Å². The van der Waals surface area contributed by atoms with Crippen molar-refractivity contribution in [3.05, 3.63) is 139 Å². The number of nitrogens with zero attached hydrogens (tertiary/aromatic N) is 1. The van der Waals surface area contributed by atoms with Gasteiger partial charge in [0, 0.05) is 43.6 Å². The summed E-state index contributed by atoms with van der Waals surface area (Å²) in [6.45, 7) is 7.32. The zero-order valence-electron chi connectivity index (χ0n) is 26.2. The first-order valence-electron chi connectivity index (χ1n) is 15.1. The summed E-state index contributed by atoms with van der Waals surface area (Å²) < 4.78 is 6.45. The fourth-order valence-electron chi connectivity index (χ4n) is 5.66. The number of ketones is 1. The van der Waals surface area contributed by atoms with Crippen LogP contribution in [0.25, 0.3) is 66.2 Å². The molecule has 7 rings (SSSR count). The standard InChI is InChI=1S/C36H26NO.C5H8O2.Ir/c1-23(2)26-13-15-30-27(19-26)14-16-32-31(30)17-18-37-35(32)28-20-29-22-34(25-11-7-4-8-12-25)38-36(29)33(21-28)24-9-5-3-6-10-24;1-4(6)3-5(2)7;/h3-19,21-23H,1-2H3;3,6H,1-2H3;/q-1;;/b;4-3-;. The number of fused-ring (bicyclic) bond motifs is 4. The van der Waals surface area contributed by atoms with Crippen molar-refractivity contribution in [2.45, 2.75) is 33.6 Å². The number of hydrogen-bond donors (Lipinski definition) is 1. The summed E-state index contributed by atoms with van der Waals surface area (Å²) in [7, 11) is 0. The van der Waals surface area contributed by atoms with Gasteiger partial charge in [0.1, 0.15) is 0 Å². The van der Waals surface area contributed by atoms with Crippen LogP contribution >= 0.6 is 0 Å². The molecule has 0 spiro atoms. The number of aliphatic hydroxyl groups excluding tert-OH is 1. The maximum Gasteiger partial charge on any atom is 0.155 e. The van der Waals surface area contributed by atoms with Gasteiger partial charge in [-0.3, -0.25) is 9.78 Å². The van der Waals surface area contributed by atoms with Crippen LogP contribution in [0.3, 0.4) is 0 Å². The van der Waals surface area contributed by atoms with Crippen LogP contribution in [0.4, 0.5) is 0 Å². The van der Waals surface area contributed by atoms with Crippen molar-refractivity contribution < 1.29 is 34.4 Å². The van der Waals surface area contributed by atoms with Crippen molar-refractivity contribution in [1.82, 2.24) is 4.98 Å². The molecule has 0 aliphatic carbocycles. The van der Waals surface area contributed by atoms with Gasteiger partial charge < -0.3 is 9.52 Å². The molecule has 0 aliphatic heterocycles. The Labute approximate surface area is 282 Å². The van der Waals surface area contributed by atoms with Crippen LogP contribution in [0.15, 0.2) is 132 Å². The van der Waals surface area contributed by atoms with E-state index in [-0.39, 0.29) is 31.6 Å². The maximum absolute atomic E-state index is 10.0. The van der Waals surface area contributed by atoms with E-state index in [1.54, 1.807) is 0 Å². The predicted molar refractivity (Wildman–Crippen MR) is 185 cm³/mol. The van der Waals surface area contributed by atoms with E-state index in [4.69, 9.17) is 14.5 Å². The molecule has 5 heteroatoms. The Morgan fingerprint density at radius 3 is 2.11 bits per heavy atom. The smallest absolute Gasteiger partial charge is 0.155 e. The van der Waals surface area contributed by atoms with Crippen molar-refractivity contribution >= 4 is 38.3 Å². The van der Waals surface area contributed by atoms with Crippen LogP contribution in [0, 0.1) is 6.07 Å². The molecule has 231 valence electrons. The minimum atomic E-state index is -0.125. The molecule has 0 saturated heterocycles. The summed E-state index contributed by atoms with van der Waals surface area (Å²) in [5.74, 6) is 1.27. The van der Waals surface area contributed by atoms with Crippen molar-refractivity contribution in [2.75, 3.05) is 0 Å². The molecule has 0 amide bonds. The van der Waals surface area contributed by atoms with Crippen molar-refractivity contribution in [3.8, 4) is 33.7 Å². The Balaban J connectivity index is 0.000000471. The fraction of sp³-hybridized carbons (Fsp3) is 0.122. The predicted octanol–water partition coefficient (Wildman–Crippen LogP) is 11.1. The number of aromatic nitrogens is 1. The number of aliphatic hydroxyl groups is 1. The minimum absolute atomic E-state index is 0. The summed E-state index contributed by atoms with van der Waals surface area (Å²) in [6, 6.07) is 41.9. The monoisotopic (exact) mass is 781 g/mol. The normalized spacial score (nSPS) is 11.4. The minimum Gasteiger partial charge on any atom is -0.512 e. The second-order valence-electron chi connectivity index (χ2n) is 11.5. The molecule has 0 fully saturated rings. The first-order valence-corrected chi connectivity index (χ1v) is 15.1. The van der Waals surface area contributed by atoms with Crippen LogP contribution < -0.4 is 0 Å². The van der Waals surface area contributed by atoms with Gasteiger partial charge >= 0.3 is 0 Å². The molecule has 1 radical (unpaired) electrons. The number of carbonyl (C=O) groups is 1. The molecule has 0 aliphatic rings. The van der Waals surface area contributed by atoms with E-state index >= 15 is 0 Å². The maximum atomic E-state index is 10.0. The number of carbonyl (C=O) groups excluding carboxylic acids is 1. The molecule has 0 bridgehead atoms. The van der Waals surface area contributed by atoms with E-state index in [0.717, 1.165) is 50.1 Å². The van der Waals surface area contributed by atoms with Gasteiger partial charge in [0.25, 0.3) is 0 Å². The van der Waals surface area contributed by atoms with Gasteiger partial charge in [-0.05, 0) is 64.1 Å². The third kappa shape index (κ3) is 6.87. The number of pyridine rings is 1. The molecule has 46 heavy (non-hydrogen) atoms. The van der Waals surface area contributed by atoms with Gasteiger partial charge in [0.05, 0.1) is 17.1 Å². The summed E-state index contributed by atoms with van der Waals surface area (Å²) in [6.07, 6.45) is 3.08. The largest absolute Gasteiger partial charge is 0.512 e. The summed E-state index contributed by atoms with van der Waals surface area (Å²) in [5, 5.41) is 14.1. The van der Waals surface area contributed by atoms with Gasteiger partial charge in [0.15, 0.2) is 5.78 Å². The molecule has 0 atom stereocenters. The van der Waals surface area contributed by atoms with Crippen molar-refractivity contribution in [2.24, 2.45) is 0 Å². The first kappa shape index (κ1) is 32.6. The topological polar surface area (TPSA) is 63.3 Å². The molecular weight excluding hydrogens is 747 g/mol. The van der Waals surface area contributed by atoms with Crippen LogP contribution in [0.1, 0.15) is 39.2 Å². The second kappa shape index (κ2) is 14.1. The Bertz CT molecular complexity index is 2180. The molecule has 0 saturated carbocycles. The summed E-state index contributed by atoms with van der Waals surface area (Å²) >= 11 is 0. The Morgan fingerprint density at radius 1 is 0.804 bits per heavy atom. The van der Waals surface area contributed by atoms with E-state index in [1.807, 2.05) is 30.5 Å².